The lowest BCUT2D eigenvalue weighted by Crippen LogP contribution is -2.31. The predicted octanol–water partition coefficient (Wildman–Crippen LogP) is 4.93. The quantitative estimate of drug-likeness (QED) is 0.619. The summed E-state index contributed by atoms with van der Waals surface area (Å²) < 4.78 is 50.5. The Hall–Kier alpha value is -3.14. The first-order chi connectivity index (χ1) is 15.2. The van der Waals surface area contributed by atoms with Crippen LogP contribution in [0.15, 0.2) is 30.5 Å². The van der Waals surface area contributed by atoms with Gasteiger partial charge in [-0.1, -0.05) is 18.2 Å². The first-order valence-electron chi connectivity index (χ1n) is 10.2. The molecule has 0 radical (unpaired) electrons. The van der Waals surface area contributed by atoms with Crippen molar-refractivity contribution in [1.29, 1.82) is 0 Å². The van der Waals surface area contributed by atoms with Gasteiger partial charge in [0, 0.05) is 11.5 Å². The molecule has 1 saturated carbocycles. The van der Waals surface area contributed by atoms with Crippen LogP contribution in [-0.4, -0.2) is 46.5 Å². The van der Waals surface area contributed by atoms with Crippen molar-refractivity contribution >= 4 is 23.0 Å². The molecule has 1 unspecified atom stereocenters. The van der Waals surface area contributed by atoms with Crippen LogP contribution >= 0.6 is 0 Å². The van der Waals surface area contributed by atoms with Crippen molar-refractivity contribution in [1.82, 2.24) is 9.97 Å². The summed E-state index contributed by atoms with van der Waals surface area (Å²) in [5.41, 5.74) is 1.74. The van der Waals surface area contributed by atoms with Crippen molar-refractivity contribution < 1.29 is 32.5 Å². The van der Waals surface area contributed by atoms with E-state index in [1.165, 1.54) is 12.3 Å². The van der Waals surface area contributed by atoms with Crippen LogP contribution in [0.2, 0.25) is 0 Å². The Morgan fingerprint density at radius 3 is 2.75 bits per heavy atom. The van der Waals surface area contributed by atoms with Crippen LogP contribution in [-0.2, 0) is 4.74 Å². The maximum absolute atomic E-state index is 13.3. The molecule has 0 bridgehead atoms. The SMILES string of the molecule is CC(Oc1c(Nc2ncc(C3CC3)nc2C(=O)O)cccc1C1=CCOCC1)C(F)(F)F. The van der Waals surface area contributed by atoms with Crippen molar-refractivity contribution in [2.75, 3.05) is 18.5 Å². The minimum atomic E-state index is -4.58. The van der Waals surface area contributed by atoms with Gasteiger partial charge in [0.1, 0.15) is 0 Å². The van der Waals surface area contributed by atoms with E-state index in [2.05, 4.69) is 15.3 Å². The van der Waals surface area contributed by atoms with Crippen molar-refractivity contribution in [2.24, 2.45) is 0 Å². The molecular weight excluding hydrogens is 427 g/mol. The van der Waals surface area contributed by atoms with Gasteiger partial charge in [-0.05, 0) is 37.8 Å². The minimum absolute atomic E-state index is 0.0325. The zero-order chi connectivity index (χ0) is 22.9. The van der Waals surface area contributed by atoms with E-state index in [-0.39, 0.29) is 28.9 Å². The smallest absolute Gasteiger partial charge is 0.425 e. The van der Waals surface area contributed by atoms with Crippen LogP contribution in [0.5, 0.6) is 5.75 Å². The molecule has 0 spiro atoms. The highest BCUT2D eigenvalue weighted by atomic mass is 19.4. The average Bonchev–Trinajstić information content (AvgIpc) is 3.60. The monoisotopic (exact) mass is 449 g/mol. The number of rotatable bonds is 7. The fourth-order valence-electron chi connectivity index (χ4n) is 3.38. The van der Waals surface area contributed by atoms with E-state index in [0.717, 1.165) is 25.3 Å². The van der Waals surface area contributed by atoms with Crippen LogP contribution in [0.3, 0.4) is 0 Å². The fraction of sp³-hybridized carbons (Fsp3) is 0.409. The highest BCUT2D eigenvalue weighted by molar-refractivity contribution is 5.92. The van der Waals surface area contributed by atoms with Crippen LogP contribution in [0.4, 0.5) is 24.7 Å². The van der Waals surface area contributed by atoms with Gasteiger partial charge in [0.25, 0.3) is 0 Å². The topological polar surface area (TPSA) is 93.6 Å². The van der Waals surface area contributed by atoms with Crippen LogP contribution in [0.25, 0.3) is 5.57 Å². The molecule has 1 aliphatic heterocycles. The summed E-state index contributed by atoms with van der Waals surface area (Å²) in [6.45, 7) is 1.71. The Kier molecular flexibility index (Phi) is 6.05. The molecule has 2 aromatic rings. The normalized spacial score (nSPS) is 17.4. The number of halogens is 3. The largest absolute Gasteiger partial charge is 0.478 e. The van der Waals surface area contributed by atoms with Crippen molar-refractivity contribution in [3.8, 4) is 5.75 Å². The molecule has 1 aromatic carbocycles. The van der Waals surface area contributed by atoms with E-state index in [1.807, 2.05) is 0 Å². The number of carboxylic acid groups (broad SMARTS) is 1. The Morgan fingerprint density at radius 1 is 1.34 bits per heavy atom. The second-order valence-electron chi connectivity index (χ2n) is 7.73. The fourth-order valence-corrected chi connectivity index (χ4v) is 3.38. The summed E-state index contributed by atoms with van der Waals surface area (Å²) >= 11 is 0. The minimum Gasteiger partial charge on any atom is -0.478 e. The molecule has 170 valence electrons. The van der Waals surface area contributed by atoms with Gasteiger partial charge in [0.2, 0.25) is 0 Å². The number of aromatic carboxylic acids is 1. The Morgan fingerprint density at radius 2 is 2.12 bits per heavy atom. The van der Waals surface area contributed by atoms with Gasteiger partial charge in [-0.3, -0.25) is 0 Å². The standard InChI is InChI=1S/C22H22F3N3O4/c1-12(22(23,24)25)32-19-15(13-7-9-31-10-8-13)3-2-4-16(19)28-20-18(21(29)30)27-17(11-26-20)14-5-6-14/h2-4,7,11-12,14H,5-6,8-10H2,1H3,(H,26,28)(H,29,30). The summed E-state index contributed by atoms with van der Waals surface area (Å²) in [4.78, 5) is 20.2. The number of nitrogens with zero attached hydrogens (tertiary/aromatic N) is 2. The highest BCUT2D eigenvalue weighted by Crippen LogP contribution is 2.41. The van der Waals surface area contributed by atoms with Crippen molar-refractivity contribution in [2.45, 2.75) is 44.4 Å². The molecule has 0 amide bonds. The number of aromatic nitrogens is 2. The zero-order valence-corrected chi connectivity index (χ0v) is 17.3. The molecule has 0 saturated heterocycles. The molecular formula is C22H22F3N3O4. The number of carbonyl (C=O) groups is 1. The number of alkyl halides is 3. The van der Waals surface area contributed by atoms with Gasteiger partial charge in [-0.25, -0.2) is 14.8 Å². The van der Waals surface area contributed by atoms with Gasteiger partial charge in [0.15, 0.2) is 23.4 Å². The highest BCUT2D eigenvalue weighted by Gasteiger charge is 2.39. The number of anilines is 2. The maximum atomic E-state index is 13.3. The van der Waals surface area contributed by atoms with Crippen molar-refractivity contribution in [3.63, 3.8) is 0 Å². The molecule has 10 heteroatoms. The van der Waals surface area contributed by atoms with Gasteiger partial charge >= 0.3 is 12.1 Å². The molecule has 7 nitrogen and oxygen atoms in total. The zero-order valence-electron chi connectivity index (χ0n) is 17.3. The molecule has 4 rings (SSSR count). The van der Waals surface area contributed by atoms with Crippen LogP contribution in [0, 0.1) is 0 Å². The number of carboxylic acids is 1. The van der Waals surface area contributed by atoms with E-state index in [9.17, 15) is 23.1 Å². The van der Waals surface area contributed by atoms with E-state index < -0.39 is 18.2 Å². The van der Waals surface area contributed by atoms with Crippen LogP contribution < -0.4 is 10.1 Å². The number of ether oxygens (including phenoxy) is 2. The average molecular weight is 449 g/mol. The maximum Gasteiger partial charge on any atom is 0.425 e. The van der Waals surface area contributed by atoms with Gasteiger partial charge in [-0.2, -0.15) is 13.2 Å². The molecule has 1 aliphatic carbocycles. The number of nitrogens with one attached hydrogen (secondary N) is 1. The summed E-state index contributed by atoms with van der Waals surface area (Å²) in [5, 5.41) is 12.4. The van der Waals surface area contributed by atoms with Gasteiger partial charge in [-0.15, -0.1) is 0 Å². The summed E-state index contributed by atoms with van der Waals surface area (Å²) in [6.07, 6.45) is -1.00. The van der Waals surface area contributed by atoms with Gasteiger partial charge in [0.05, 0.1) is 30.8 Å². The molecule has 1 atom stereocenters. The third kappa shape index (κ3) is 4.85. The predicted molar refractivity (Wildman–Crippen MR) is 110 cm³/mol. The van der Waals surface area contributed by atoms with E-state index >= 15 is 0 Å². The molecule has 2 aliphatic rings. The first-order valence-corrected chi connectivity index (χ1v) is 10.2. The number of hydrogen-bond donors (Lipinski definition) is 2. The van der Waals surface area contributed by atoms with Crippen LogP contribution in [0.1, 0.15) is 53.8 Å². The molecule has 32 heavy (non-hydrogen) atoms. The first kappa shape index (κ1) is 22.1. The Bertz CT molecular complexity index is 1050. The third-order valence-electron chi connectivity index (χ3n) is 5.32. The molecule has 1 fully saturated rings. The number of hydrogen-bond acceptors (Lipinski definition) is 6. The Labute approximate surface area is 182 Å². The van der Waals surface area contributed by atoms with Crippen molar-refractivity contribution in [3.05, 3.63) is 47.4 Å². The van der Waals surface area contributed by atoms with E-state index in [4.69, 9.17) is 9.47 Å². The lowest BCUT2D eigenvalue weighted by atomic mass is 9.99. The number of benzene rings is 1. The third-order valence-corrected chi connectivity index (χ3v) is 5.32. The second-order valence-corrected chi connectivity index (χ2v) is 7.73. The molecule has 2 heterocycles. The molecule has 2 N–H and O–H groups in total. The summed E-state index contributed by atoms with van der Waals surface area (Å²) in [6, 6.07) is 4.84. The second kappa shape index (κ2) is 8.78. The lowest BCUT2D eigenvalue weighted by Gasteiger charge is -2.24. The Balaban J connectivity index is 1.75. The lowest BCUT2D eigenvalue weighted by molar-refractivity contribution is -0.189. The van der Waals surface area contributed by atoms with Gasteiger partial charge < -0.3 is 19.9 Å². The molecule has 1 aromatic heterocycles. The van der Waals surface area contributed by atoms with E-state index in [0.29, 0.717) is 30.9 Å². The number of para-hydroxylation sites is 1. The summed E-state index contributed by atoms with van der Waals surface area (Å²) in [7, 11) is 0. The summed E-state index contributed by atoms with van der Waals surface area (Å²) in [5.74, 6) is -1.18. The van der Waals surface area contributed by atoms with E-state index in [1.54, 1.807) is 18.2 Å².